The minimum Gasteiger partial charge on any atom is -0.324 e. The predicted molar refractivity (Wildman–Crippen MR) is 80.1 cm³/mol. The van der Waals surface area contributed by atoms with Gasteiger partial charge in [-0.15, -0.1) is 11.3 Å². The van der Waals surface area contributed by atoms with Gasteiger partial charge in [0.15, 0.2) is 5.82 Å². The molecule has 0 saturated carbocycles. The van der Waals surface area contributed by atoms with Crippen LogP contribution in [0.25, 0.3) is 10.2 Å². The van der Waals surface area contributed by atoms with Crippen molar-refractivity contribution < 1.29 is 0 Å². The van der Waals surface area contributed by atoms with Crippen molar-refractivity contribution in [3.8, 4) is 0 Å². The molecule has 0 atom stereocenters. The first kappa shape index (κ1) is 12.9. The van der Waals surface area contributed by atoms with E-state index in [1.54, 1.807) is 23.9 Å². The molecule has 3 rings (SSSR count). The normalized spacial score (nSPS) is 11.2. The molecule has 3 aromatic rings. The molecule has 3 heterocycles. The van der Waals surface area contributed by atoms with Gasteiger partial charge in [-0.25, -0.2) is 19.9 Å². The number of hydrogen-bond acceptors (Lipinski definition) is 7. The number of pyridine rings is 1. The SMILES string of the molecule is CN(C)Cc1cc(Nc2nccc3ncsc23)ncn1. The maximum Gasteiger partial charge on any atom is 0.151 e. The van der Waals surface area contributed by atoms with Crippen molar-refractivity contribution in [2.24, 2.45) is 0 Å². The smallest absolute Gasteiger partial charge is 0.151 e. The summed E-state index contributed by atoms with van der Waals surface area (Å²) in [7, 11) is 4.02. The summed E-state index contributed by atoms with van der Waals surface area (Å²) >= 11 is 1.56. The van der Waals surface area contributed by atoms with Crippen LogP contribution < -0.4 is 5.32 Å². The predicted octanol–water partition coefficient (Wildman–Crippen LogP) is 2.29. The molecule has 0 saturated heterocycles. The topological polar surface area (TPSA) is 66.8 Å². The highest BCUT2D eigenvalue weighted by Gasteiger charge is 2.07. The van der Waals surface area contributed by atoms with E-state index in [4.69, 9.17) is 0 Å². The second kappa shape index (κ2) is 5.48. The Hall–Kier alpha value is -2.12. The number of hydrogen-bond donors (Lipinski definition) is 1. The van der Waals surface area contributed by atoms with Crippen LogP contribution in [0.1, 0.15) is 5.69 Å². The van der Waals surface area contributed by atoms with E-state index in [-0.39, 0.29) is 0 Å². The molecule has 7 heteroatoms. The summed E-state index contributed by atoms with van der Waals surface area (Å²) in [4.78, 5) is 19.2. The molecule has 0 aliphatic heterocycles. The molecule has 20 heavy (non-hydrogen) atoms. The van der Waals surface area contributed by atoms with Crippen LogP contribution in [0.3, 0.4) is 0 Å². The molecular weight excluding hydrogens is 272 g/mol. The quantitative estimate of drug-likeness (QED) is 0.793. The number of aromatic nitrogens is 4. The van der Waals surface area contributed by atoms with Crippen LogP contribution in [0.5, 0.6) is 0 Å². The van der Waals surface area contributed by atoms with Gasteiger partial charge < -0.3 is 10.2 Å². The second-order valence-electron chi connectivity index (χ2n) is 4.62. The Morgan fingerprint density at radius 2 is 2.10 bits per heavy atom. The van der Waals surface area contributed by atoms with E-state index in [9.17, 15) is 0 Å². The number of thiazole rings is 1. The van der Waals surface area contributed by atoms with Gasteiger partial charge in [-0.05, 0) is 20.2 Å². The van der Waals surface area contributed by atoms with E-state index in [0.29, 0.717) is 0 Å². The van der Waals surface area contributed by atoms with Gasteiger partial charge in [-0.2, -0.15) is 0 Å². The summed E-state index contributed by atoms with van der Waals surface area (Å²) in [5, 5.41) is 3.24. The highest BCUT2D eigenvalue weighted by molar-refractivity contribution is 7.17. The van der Waals surface area contributed by atoms with Gasteiger partial charge in [0.2, 0.25) is 0 Å². The molecule has 0 bridgehead atoms. The molecule has 0 aromatic carbocycles. The lowest BCUT2D eigenvalue weighted by Gasteiger charge is -2.10. The number of nitrogens with zero attached hydrogens (tertiary/aromatic N) is 5. The third kappa shape index (κ3) is 2.73. The Balaban J connectivity index is 1.89. The summed E-state index contributed by atoms with van der Waals surface area (Å²) in [6.45, 7) is 0.773. The van der Waals surface area contributed by atoms with Crippen molar-refractivity contribution >= 4 is 33.2 Å². The van der Waals surface area contributed by atoms with Crippen LogP contribution in [-0.4, -0.2) is 38.9 Å². The Morgan fingerprint density at radius 1 is 1.20 bits per heavy atom. The van der Waals surface area contributed by atoms with E-state index < -0.39 is 0 Å². The van der Waals surface area contributed by atoms with Crippen LogP contribution in [0.2, 0.25) is 0 Å². The molecule has 6 nitrogen and oxygen atoms in total. The van der Waals surface area contributed by atoms with Gasteiger partial charge in [0.1, 0.15) is 12.1 Å². The fraction of sp³-hybridized carbons (Fsp3) is 0.231. The van der Waals surface area contributed by atoms with Crippen LogP contribution in [0, 0.1) is 0 Å². The first-order valence-electron chi connectivity index (χ1n) is 6.13. The third-order valence-corrected chi connectivity index (χ3v) is 3.54. The standard InChI is InChI=1S/C13H14N6S/c1-19(2)6-9-5-11(16-7-15-9)18-13-12-10(3-4-14-13)17-8-20-12/h3-5,7-8H,6H2,1-2H3,(H,14,15,16,18). The van der Waals surface area contributed by atoms with Crippen molar-refractivity contribution in [1.29, 1.82) is 0 Å². The van der Waals surface area contributed by atoms with Gasteiger partial charge in [-0.1, -0.05) is 0 Å². The molecule has 0 unspecified atom stereocenters. The fourth-order valence-corrected chi connectivity index (χ4v) is 2.61. The van der Waals surface area contributed by atoms with Crippen LogP contribution in [0.4, 0.5) is 11.6 Å². The van der Waals surface area contributed by atoms with Crippen molar-refractivity contribution in [2.45, 2.75) is 6.54 Å². The molecule has 0 aliphatic carbocycles. The van der Waals surface area contributed by atoms with Gasteiger partial charge in [-0.3, -0.25) is 0 Å². The first-order valence-corrected chi connectivity index (χ1v) is 7.01. The number of rotatable bonds is 4. The van der Waals surface area contributed by atoms with Crippen molar-refractivity contribution in [1.82, 2.24) is 24.8 Å². The maximum absolute atomic E-state index is 4.35. The lowest BCUT2D eigenvalue weighted by Crippen LogP contribution is -2.12. The first-order chi connectivity index (χ1) is 9.72. The van der Waals surface area contributed by atoms with E-state index in [1.165, 1.54) is 0 Å². The van der Waals surface area contributed by atoms with Gasteiger partial charge in [0.05, 0.1) is 21.4 Å². The van der Waals surface area contributed by atoms with E-state index in [0.717, 1.165) is 34.1 Å². The lowest BCUT2D eigenvalue weighted by atomic mass is 10.3. The summed E-state index contributed by atoms with van der Waals surface area (Å²) in [6, 6.07) is 3.83. The lowest BCUT2D eigenvalue weighted by molar-refractivity contribution is 0.396. The monoisotopic (exact) mass is 286 g/mol. The molecule has 3 aromatic heterocycles. The fourth-order valence-electron chi connectivity index (χ4n) is 1.88. The van der Waals surface area contributed by atoms with Crippen LogP contribution in [-0.2, 0) is 6.54 Å². The molecule has 0 radical (unpaired) electrons. The van der Waals surface area contributed by atoms with Crippen molar-refractivity contribution in [3.05, 3.63) is 35.9 Å². The molecule has 0 fully saturated rings. The van der Waals surface area contributed by atoms with Gasteiger partial charge >= 0.3 is 0 Å². The van der Waals surface area contributed by atoms with Gasteiger partial charge in [0.25, 0.3) is 0 Å². The maximum atomic E-state index is 4.35. The van der Waals surface area contributed by atoms with Crippen molar-refractivity contribution in [2.75, 3.05) is 19.4 Å². The summed E-state index contributed by atoms with van der Waals surface area (Å²) in [5.41, 5.74) is 3.72. The average Bonchev–Trinajstić information content (AvgIpc) is 2.88. The third-order valence-electron chi connectivity index (χ3n) is 2.69. The number of nitrogens with one attached hydrogen (secondary N) is 1. The largest absolute Gasteiger partial charge is 0.324 e. The second-order valence-corrected chi connectivity index (χ2v) is 5.47. The molecule has 0 spiro atoms. The molecule has 0 aliphatic rings. The molecular formula is C13H14N6S. The molecule has 0 amide bonds. The minimum atomic E-state index is 0.741. The van der Waals surface area contributed by atoms with Gasteiger partial charge in [0, 0.05) is 18.8 Å². The van der Waals surface area contributed by atoms with E-state index in [2.05, 4.69) is 30.2 Å². The Kier molecular flexibility index (Phi) is 3.53. The van der Waals surface area contributed by atoms with Crippen molar-refractivity contribution in [3.63, 3.8) is 0 Å². The highest BCUT2D eigenvalue weighted by Crippen LogP contribution is 2.26. The zero-order valence-electron chi connectivity index (χ0n) is 11.2. The number of fused-ring (bicyclic) bond motifs is 1. The Morgan fingerprint density at radius 3 is 2.95 bits per heavy atom. The van der Waals surface area contributed by atoms with E-state index in [1.807, 2.05) is 31.7 Å². The number of anilines is 2. The van der Waals surface area contributed by atoms with Crippen LogP contribution >= 0.6 is 11.3 Å². The zero-order chi connectivity index (χ0) is 13.9. The Bertz CT molecular complexity index is 723. The van der Waals surface area contributed by atoms with E-state index >= 15 is 0 Å². The minimum absolute atomic E-state index is 0.741. The molecule has 1 N–H and O–H groups in total. The Labute approximate surface area is 120 Å². The molecule has 102 valence electrons. The highest BCUT2D eigenvalue weighted by atomic mass is 32.1. The summed E-state index contributed by atoms with van der Waals surface area (Å²) in [5.74, 6) is 1.52. The summed E-state index contributed by atoms with van der Waals surface area (Å²) in [6.07, 6.45) is 3.31. The average molecular weight is 286 g/mol. The summed E-state index contributed by atoms with van der Waals surface area (Å²) < 4.78 is 1.03. The van der Waals surface area contributed by atoms with Crippen LogP contribution in [0.15, 0.2) is 30.2 Å². The zero-order valence-corrected chi connectivity index (χ0v) is 12.1.